The van der Waals surface area contributed by atoms with Crippen LogP contribution in [0.4, 0.5) is 0 Å². The van der Waals surface area contributed by atoms with Crippen LogP contribution in [0, 0.1) is 52.3 Å². The molecule has 3 fully saturated rings. The van der Waals surface area contributed by atoms with Gasteiger partial charge >= 0.3 is 0 Å². The summed E-state index contributed by atoms with van der Waals surface area (Å²) in [6.45, 7) is 14.8. The van der Waals surface area contributed by atoms with Gasteiger partial charge in [0, 0.05) is 0 Å². The Bertz CT molecular complexity index is 668. The van der Waals surface area contributed by atoms with Crippen LogP contribution in [-0.2, 0) is 0 Å². The Kier molecular flexibility index (Phi) is 6.75. The smallest absolute Gasteiger partial charge is 0.0759 e. The molecule has 2 heteroatoms. The van der Waals surface area contributed by atoms with Crippen LogP contribution < -0.4 is 0 Å². The van der Waals surface area contributed by atoms with Crippen molar-refractivity contribution in [3.05, 3.63) is 11.6 Å². The molecule has 3 saturated carbocycles. The summed E-state index contributed by atoms with van der Waals surface area (Å²) in [7, 11) is 0. The van der Waals surface area contributed by atoms with Gasteiger partial charge in [-0.1, -0.05) is 60.5 Å². The molecule has 0 spiro atoms. The third kappa shape index (κ3) is 3.96. The van der Waals surface area contributed by atoms with E-state index in [0.29, 0.717) is 17.3 Å². The maximum absolute atomic E-state index is 11.2. The molecule has 31 heavy (non-hydrogen) atoms. The summed E-state index contributed by atoms with van der Waals surface area (Å²) < 4.78 is 0. The first kappa shape index (κ1) is 23.8. The van der Waals surface area contributed by atoms with Gasteiger partial charge in [0.25, 0.3) is 0 Å². The van der Waals surface area contributed by atoms with Crippen molar-refractivity contribution in [1.29, 1.82) is 0 Å². The van der Waals surface area contributed by atoms with Crippen LogP contribution in [0.3, 0.4) is 0 Å². The van der Waals surface area contributed by atoms with E-state index in [-0.39, 0.29) is 17.6 Å². The summed E-state index contributed by atoms with van der Waals surface area (Å²) in [4.78, 5) is 0. The lowest BCUT2D eigenvalue weighted by molar-refractivity contribution is -0.0875. The summed E-state index contributed by atoms with van der Waals surface area (Å²) in [5.74, 6) is 5.52. The zero-order valence-corrected chi connectivity index (χ0v) is 21.2. The minimum Gasteiger partial charge on any atom is -0.389 e. The van der Waals surface area contributed by atoms with Gasteiger partial charge in [-0.05, 0) is 109 Å². The topological polar surface area (TPSA) is 40.5 Å². The van der Waals surface area contributed by atoms with Crippen molar-refractivity contribution in [2.45, 2.75) is 118 Å². The summed E-state index contributed by atoms with van der Waals surface area (Å²) in [6, 6.07) is 0. The van der Waals surface area contributed by atoms with Crippen molar-refractivity contribution in [1.82, 2.24) is 0 Å². The largest absolute Gasteiger partial charge is 0.389 e. The highest BCUT2D eigenvalue weighted by Crippen LogP contribution is 2.67. The van der Waals surface area contributed by atoms with Crippen molar-refractivity contribution in [2.75, 3.05) is 0 Å². The molecule has 0 aromatic carbocycles. The molecule has 4 rings (SSSR count). The molecule has 0 heterocycles. The Hall–Kier alpha value is -0.340. The zero-order valence-electron chi connectivity index (χ0n) is 21.2. The van der Waals surface area contributed by atoms with Crippen LogP contribution in [0.5, 0.6) is 0 Å². The molecule has 10 atom stereocenters. The number of aliphatic hydroxyl groups is 2. The molecule has 0 aromatic rings. The molecular weight excluding hydrogens is 380 g/mol. The molecule has 2 N–H and O–H groups in total. The summed E-state index contributed by atoms with van der Waals surface area (Å²) in [6.07, 6.45) is 13.8. The van der Waals surface area contributed by atoms with E-state index in [9.17, 15) is 10.2 Å². The van der Waals surface area contributed by atoms with Crippen LogP contribution >= 0.6 is 0 Å². The number of fused-ring (bicyclic) bond motifs is 5. The van der Waals surface area contributed by atoms with E-state index in [1.165, 1.54) is 50.5 Å². The average molecular weight is 431 g/mol. The van der Waals surface area contributed by atoms with E-state index in [0.717, 1.165) is 48.9 Å². The van der Waals surface area contributed by atoms with E-state index in [2.05, 4.69) is 41.5 Å². The van der Waals surface area contributed by atoms with E-state index in [1.54, 1.807) is 0 Å². The molecule has 178 valence electrons. The molecule has 4 aliphatic rings. The van der Waals surface area contributed by atoms with Crippen LogP contribution in [0.25, 0.3) is 0 Å². The predicted octanol–water partition coefficient (Wildman–Crippen LogP) is 7.00. The highest BCUT2D eigenvalue weighted by atomic mass is 16.3. The van der Waals surface area contributed by atoms with Crippen LogP contribution in [0.1, 0.15) is 106 Å². The maximum Gasteiger partial charge on any atom is 0.0759 e. The minimum atomic E-state index is -0.349. The van der Waals surface area contributed by atoms with Gasteiger partial charge in [-0.2, -0.15) is 0 Å². The molecule has 0 amide bonds. The summed E-state index contributed by atoms with van der Waals surface area (Å²) >= 11 is 0. The van der Waals surface area contributed by atoms with Gasteiger partial charge in [-0.3, -0.25) is 0 Å². The first-order valence-electron chi connectivity index (χ1n) is 13.7. The van der Waals surface area contributed by atoms with Gasteiger partial charge in [0.15, 0.2) is 0 Å². The number of rotatable bonds is 6. The fraction of sp³-hybridized carbons (Fsp3) is 0.931. The Morgan fingerprint density at radius 1 is 0.968 bits per heavy atom. The molecule has 0 bridgehead atoms. The molecular formula is C29H50O2. The van der Waals surface area contributed by atoms with Gasteiger partial charge in [0.05, 0.1) is 12.2 Å². The van der Waals surface area contributed by atoms with E-state index in [4.69, 9.17) is 0 Å². The van der Waals surface area contributed by atoms with E-state index >= 15 is 0 Å². The first-order valence-corrected chi connectivity index (χ1v) is 13.7. The molecule has 0 saturated heterocycles. The quantitative estimate of drug-likeness (QED) is 0.446. The molecule has 0 unspecified atom stereocenters. The van der Waals surface area contributed by atoms with E-state index in [1.807, 2.05) is 6.08 Å². The fourth-order valence-electron chi connectivity index (χ4n) is 9.42. The lowest BCUT2D eigenvalue weighted by Crippen LogP contribution is -2.54. The molecule has 0 aliphatic heterocycles. The van der Waals surface area contributed by atoms with Crippen LogP contribution in [0.15, 0.2) is 11.6 Å². The fourth-order valence-corrected chi connectivity index (χ4v) is 9.42. The van der Waals surface area contributed by atoms with Gasteiger partial charge < -0.3 is 10.2 Å². The Morgan fingerprint density at radius 3 is 2.39 bits per heavy atom. The Morgan fingerprint density at radius 2 is 1.71 bits per heavy atom. The SMILES string of the molecule is CC[C@H](CC[C@@H](C)[C@H]1CC[C@H]2[C@@H]3C[C@H](O)C4=C[C@H](O)CC[C@]4(C)[C@H]3CC[C@]12C)C(C)C. The Balaban J connectivity index is 1.50. The second-order valence-corrected chi connectivity index (χ2v) is 13.0. The monoisotopic (exact) mass is 430 g/mol. The van der Waals surface area contributed by atoms with Crippen molar-refractivity contribution in [3.8, 4) is 0 Å². The van der Waals surface area contributed by atoms with Crippen LogP contribution in [-0.4, -0.2) is 22.4 Å². The van der Waals surface area contributed by atoms with Gasteiger partial charge in [-0.15, -0.1) is 0 Å². The standard InChI is InChI=1S/C29H50O2/c1-7-20(18(2)3)9-8-19(4)23-10-11-24-22-17-27(31)26-16-21(30)12-14-29(26,6)25(22)13-15-28(23,24)5/h16,18-25,27,30-31H,7-15,17H2,1-6H3/t19-,20-,21-,22+,23-,24+,25+,27+,28-,29-/m1/s1. The zero-order chi connectivity index (χ0) is 22.6. The van der Waals surface area contributed by atoms with Gasteiger partial charge in [-0.25, -0.2) is 0 Å². The number of aliphatic hydroxyl groups excluding tert-OH is 2. The average Bonchev–Trinajstić information content (AvgIpc) is 3.07. The van der Waals surface area contributed by atoms with Crippen molar-refractivity contribution in [3.63, 3.8) is 0 Å². The minimum absolute atomic E-state index is 0.109. The number of hydrogen-bond donors (Lipinski definition) is 2. The van der Waals surface area contributed by atoms with Crippen molar-refractivity contribution >= 4 is 0 Å². The molecule has 0 aromatic heterocycles. The predicted molar refractivity (Wildman–Crippen MR) is 130 cm³/mol. The van der Waals surface area contributed by atoms with Crippen molar-refractivity contribution < 1.29 is 10.2 Å². The third-order valence-corrected chi connectivity index (χ3v) is 11.3. The molecule has 0 radical (unpaired) electrons. The van der Waals surface area contributed by atoms with Crippen LogP contribution in [0.2, 0.25) is 0 Å². The normalized spacial score (nSPS) is 46.7. The van der Waals surface area contributed by atoms with Gasteiger partial charge in [0.2, 0.25) is 0 Å². The molecule has 2 nitrogen and oxygen atoms in total. The highest BCUT2D eigenvalue weighted by molar-refractivity contribution is 5.29. The third-order valence-electron chi connectivity index (χ3n) is 11.3. The summed E-state index contributed by atoms with van der Waals surface area (Å²) in [5.41, 5.74) is 1.75. The first-order chi connectivity index (χ1) is 14.6. The maximum atomic E-state index is 11.2. The second kappa shape index (κ2) is 8.79. The van der Waals surface area contributed by atoms with Gasteiger partial charge in [0.1, 0.15) is 0 Å². The molecule has 4 aliphatic carbocycles. The lowest BCUT2D eigenvalue weighted by atomic mass is 9.46. The Labute approximate surface area is 192 Å². The summed E-state index contributed by atoms with van der Waals surface area (Å²) in [5, 5.41) is 21.4. The highest BCUT2D eigenvalue weighted by Gasteiger charge is 2.60. The van der Waals surface area contributed by atoms with Crippen molar-refractivity contribution in [2.24, 2.45) is 52.3 Å². The number of hydrogen-bond acceptors (Lipinski definition) is 2. The van der Waals surface area contributed by atoms with E-state index < -0.39 is 0 Å². The lowest BCUT2D eigenvalue weighted by Gasteiger charge is -2.60. The second-order valence-electron chi connectivity index (χ2n) is 13.0.